The van der Waals surface area contributed by atoms with Crippen molar-refractivity contribution in [3.63, 3.8) is 0 Å². The molecule has 0 amide bonds. The van der Waals surface area contributed by atoms with Crippen LogP contribution < -0.4 is 5.06 Å². The van der Waals surface area contributed by atoms with Crippen LogP contribution in [-0.2, 0) is 17.7 Å². The number of hydrogen-bond acceptors (Lipinski definition) is 2. The number of hydrogen-bond donors (Lipinski definition) is 0. The molecule has 0 fully saturated rings. The third kappa shape index (κ3) is 3.53. The Bertz CT molecular complexity index is 903. The third-order valence-electron chi connectivity index (χ3n) is 4.55. The van der Waals surface area contributed by atoms with Crippen molar-refractivity contribution in [3.05, 3.63) is 102 Å². The number of fused-ring (bicyclic) bond motifs is 1. The smallest absolute Gasteiger partial charge is 0.149 e. The van der Waals surface area contributed by atoms with Crippen LogP contribution in [0.25, 0.3) is 11.1 Å². The van der Waals surface area contributed by atoms with E-state index in [-0.39, 0.29) is 5.82 Å². The summed E-state index contributed by atoms with van der Waals surface area (Å²) in [5, 5.41) is 1.55. The predicted molar refractivity (Wildman–Crippen MR) is 103 cm³/mol. The molecule has 0 spiro atoms. The Hall–Kier alpha value is -2.91. The van der Waals surface area contributed by atoms with Crippen molar-refractivity contribution < 1.29 is 9.23 Å². The number of benzene rings is 3. The number of para-hydroxylation sites is 1. The molecule has 1 heterocycles. The summed E-state index contributed by atoms with van der Waals surface area (Å²) in [6.07, 6.45) is 5.28. The molecule has 0 atom stereocenters. The molecule has 26 heavy (non-hydrogen) atoms. The van der Waals surface area contributed by atoms with Crippen LogP contribution in [0.5, 0.6) is 0 Å². The van der Waals surface area contributed by atoms with Gasteiger partial charge in [-0.15, -0.1) is 0 Å². The SMILES string of the molecule is Fc1cccc2c1N(OCCc1ccc(-c3ccccc3)cc1)C=CC2. The number of allylic oxidation sites excluding steroid dienone is 1. The zero-order valence-corrected chi connectivity index (χ0v) is 14.4. The van der Waals surface area contributed by atoms with E-state index in [9.17, 15) is 4.39 Å². The van der Waals surface area contributed by atoms with Gasteiger partial charge in [-0.2, -0.15) is 0 Å². The van der Waals surface area contributed by atoms with Gasteiger partial charge in [0.2, 0.25) is 0 Å². The molecule has 0 radical (unpaired) electrons. The van der Waals surface area contributed by atoms with Crippen LogP contribution in [0.1, 0.15) is 11.1 Å². The molecule has 0 N–H and O–H groups in total. The fourth-order valence-electron chi connectivity index (χ4n) is 3.19. The van der Waals surface area contributed by atoms with E-state index in [0.29, 0.717) is 12.3 Å². The summed E-state index contributed by atoms with van der Waals surface area (Å²) in [4.78, 5) is 5.82. The lowest BCUT2D eigenvalue weighted by molar-refractivity contribution is 0.132. The predicted octanol–water partition coefficient (Wildman–Crippen LogP) is 5.54. The Balaban J connectivity index is 1.38. The topological polar surface area (TPSA) is 12.5 Å². The molecule has 0 unspecified atom stereocenters. The number of nitrogens with zero attached hydrogens (tertiary/aromatic N) is 1. The summed E-state index contributed by atoms with van der Waals surface area (Å²) in [7, 11) is 0. The van der Waals surface area contributed by atoms with Gasteiger partial charge in [0.25, 0.3) is 0 Å². The van der Waals surface area contributed by atoms with E-state index >= 15 is 0 Å². The van der Waals surface area contributed by atoms with E-state index < -0.39 is 0 Å². The Kier molecular flexibility index (Phi) is 4.80. The first-order chi connectivity index (χ1) is 12.8. The first-order valence-electron chi connectivity index (χ1n) is 8.82. The van der Waals surface area contributed by atoms with Gasteiger partial charge in [-0.25, -0.2) is 9.45 Å². The highest BCUT2D eigenvalue weighted by Gasteiger charge is 2.17. The van der Waals surface area contributed by atoms with Crippen molar-refractivity contribution in [3.8, 4) is 11.1 Å². The quantitative estimate of drug-likeness (QED) is 0.602. The van der Waals surface area contributed by atoms with Gasteiger partial charge < -0.3 is 0 Å². The Morgan fingerprint density at radius 1 is 0.846 bits per heavy atom. The highest BCUT2D eigenvalue weighted by Crippen LogP contribution is 2.29. The average Bonchev–Trinajstić information content (AvgIpc) is 2.69. The Labute approximate surface area is 153 Å². The fourth-order valence-corrected chi connectivity index (χ4v) is 3.19. The van der Waals surface area contributed by atoms with Crippen molar-refractivity contribution >= 4 is 5.69 Å². The number of hydroxylamine groups is 1. The molecule has 2 nitrogen and oxygen atoms in total. The van der Waals surface area contributed by atoms with Gasteiger partial charge in [-0.05, 0) is 41.2 Å². The molecule has 0 bridgehead atoms. The summed E-state index contributed by atoms with van der Waals surface area (Å²) in [5.74, 6) is -0.251. The summed E-state index contributed by atoms with van der Waals surface area (Å²) in [5.41, 5.74) is 5.07. The van der Waals surface area contributed by atoms with Crippen molar-refractivity contribution in [2.75, 3.05) is 11.7 Å². The van der Waals surface area contributed by atoms with E-state index in [1.54, 1.807) is 17.3 Å². The summed E-state index contributed by atoms with van der Waals surface area (Å²) in [6, 6.07) is 23.9. The molecule has 1 aliphatic rings. The van der Waals surface area contributed by atoms with Crippen LogP contribution >= 0.6 is 0 Å². The molecule has 1 aliphatic heterocycles. The van der Waals surface area contributed by atoms with E-state index in [0.717, 1.165) is 18.4 Å². The van der Waals surface area contributed by atoms with Crippen molar-refractivity contribution in [1.82, 2.24) is 0 Å². The normalized spacial score (nSPS) is 12.9. The van der Waals surface area contributed by atoms with Crippen LogP contribution in [0.2, 0.25) is 0 Å². The van der Waals surface area contributed by atoms with Crippen LogP contribution in [0.15, 0.2) is 85.1 Å². The monoisotopic (exact) mass is 345 g/mol. The van der Waals surface area contributed by atoms with Crippen LogP contribution in [0.4, 0.5) is 10.1 Å². The van der Waals surface area contributed by atoms with Gasteiger partial charge in [0.1, 0.15) is 11.5 Å². The second-order valence-electron chi connectivity index (χ2n) is 6.31. The second kappa shape index (κ2) is 7.54. The minimum Gasteiger partial charge on any atom is -0.269 e. The highest BCUT2D eigenvalue weighted by molar-refractivity contribution is 5.63. The Morgan fingerprint density at radius 3 is 2.42 bits per heavy atom. The lowest BCUT2D eigenvalue weighted by Crippen LogP contribution is -2.23. The molecule has 130 valence electrons. The maximum atomic E-state index is 14.1. The lowest BCUT2D eigenvalue weighted by Gasteiger charge is -2.25. The molecular weight excluding hydrogens is 325 g/mol. The number of rotatable bonds is 5. The molecule has 0 saturated carbocycles. The highest BCUT2D eigenvalue weighted by atomic mass is 19.1. The molecule has 0 aliphatic carbocycles. The van der Waals surface area contributed by atoms with E-state index in [4.69, 9.17) is 4.84 Å². The first-order valence-corrected chi connectivity index (χ1v) is 8.82. The Morgan fingerprint density at radius 2 is 1.62 bits per heavy atom. The lowest BCUT2D eigenvalue weighted by atomic mass is 10.0. The van der Waals surface area contributed by atoms with Crippen LogP contribution in [0.3, 0.4) is 0 Å². The largest absolute Gasteiger partial charge is 0.269 e. The van der Waals surface area contributed by atoms with Gasteiger partial charge in [0, 0.05) is 6.20 Å². The van der Waals surface area contributed by atoms with Crippen LogP contribution in [0, 0.1) is 5.82 Å². The zero-order valence-electron chi connectivity index (χ0n) is 14.4. The maximum Gasteiger partial charge on any atom is 0.149 e. The zero-order chi connectivity index (χ0) is 17.8. The third-order valence-corrected chi connectivity index (χ3v) is 4.55. The molecule has 0 aromatic heterocycles. The van der Waals surface area contributed by atoms with E-state index in [2.05, 4.69) is 36.4 Å². The van der Waals surface area contributed by atoms with Gasteiger partial charge in [-0.3, -0.25) is 4.84 Å². The fraction of sp³-hybridized carbons (Fsp3) is 0.130. The molecule has 4 rings (SSSR count). The van der Waals surface area contributed by atoms with E-state index in [1.165, 1.54) is 22.8 Å². The molecule has 3 aromatic carbocycles. The number of anilines is 1. The minimum atomic E-state index is -0.251. The summed E-state index contributed by atoms with van der Waals surface area (Å²) < 4.78 is 14.1. The second-order valence-corrected chi connectivity index (χ2v) is 6.31. The first kappa shape index (κ1) is 16.6. The van der Waals surface area contributed by atoms with E-state index in [1.807, 2.05) is 30.3 Å². The van der Waals surface area contributed by atoms with Crippen molar-refractivity contribution in [2.45, 2.75) is 12.8 Å². The van der Waals surface area contributed by atoms with Crippen molar-refractivity contribution in [1.29, 1.82) is 0 Å². The van der Waals surface area contributed by atoms with Gasteiger partial charge in [0.15, 0.2) is 0 Å². The molecule has 3 aromatic rings. The molecule has 3 heteroatoms. The van der Waals surface area contributed by atoms with Gasteiger partial charge >= 0.3 is 0 Å². The molecule has 0 saturated heterocycles. The van der Waals surface area contributed by atoms with Crippen molar-refractivity contribution in [2.24, 2.45) is 0 Å². The summed E-state index contributed by atoms with van der Waals surface area (Å²) in [6.45, 7) is 0.489. The molecular formula is C23H20FNO. The summed E-state index contributed by atoms with van der Waals surface area (Å²) >= 11 is 0. The standard InChI is InChI=1S/C23H20FNO/c24-22-10-4-8-21-9-5-16-25(23(21)22)26-17-15-18-11-13-20(14-12-18)19-6-2-1-3-7-19/h1-8,10-14,16H,9,15,17H2. The minimum absolute atomic E-state index is 0.251. The number of halogens is 1. The van der Waals surface area contributed by atoms with Gasteiger partial charge in [0.05, 0.1) is 6.61 Å². The maximum absolute atomic E-state index is 14.1. The van der Waals surface area contributed by atoms with Gasteiger partial charge in [-0.1, -0.05) is 72.8 Å². The average molecular weight is 345 g/mol. The van der Waals surface area contributed by atoms with Crippen LogP contribution in [-0.4, -0.2) is 6.61 Å².